The van der Waals surface area contributed by atoms with Crippen LogP contribution >= 0.6 is 0 Å². The van der Waals surface area contributed by atoms with Crippen molar-refractivity contribution in [2.45, 2.75) is 38.5 Å². The fraction of sp³-hybridized carbons (Fsp3) is 0.667. The second-order valence-electron chi connectivity index (χ2n) is 5.82. The number of amides is 1. The summed E-state index contributed by atoms with van der Waals surface area (Å²) in [6.07, 6.45) is 7.10. The zero-order valence-electron chi connectivity index (χ0n) is 11.9. The van der Waals surface area contributed by atoms with Crippen LogP contribution in [0, 0.1) is 5.92 Å². The van der Waals surface area contributed by atoms with Gasteiger partial charge < -0.3 is 15.2 Å². The van der Waals surface area contributed by atoms with E-state index in [-0.39, 0.29) is 5.91 Å². The van der Waals surface area contributed by atoms with Gasteiger partial charge in [0.25, 0.3) is 5.91 Å². The lowest BCUT2D eigenvalue weighted by Gasteiger charge is -2.13. The average Bonchev–Trinajstić information content (AvgIpc) is 3.21. The summed E-state index contributed by atoms with van der Waals surface area (Å²) in [4.78, 5) is 12.5. The smallest absolute Gasteiger partial charge is 0.255 e. The zero-order valence-corrected chi connectivity index (χ0v) is 11.9. The van der Waals surface area contributed by atoms with E-state index >= 15 is 0 Å². The third-order valence-corrected chi connectivity index (χ3v) is 4.43. The molecule has 1 aromatic heterocycles. The van der Waals surface area contributed by atoms with Crippen LogP contribution in [0.5, 0.6) is 0 Å². The molecule has 4 heteroatoms. The first kappa shape index (κ1) is 12.6. The Balaban J connectivity index is 1.91. The summed E-state index contributed by atoms with van der Waals surface area (Å²) >= 11 is 0. The summed E-state index contributed by atoms with van der Waals surface area (Å²) in [6.45, 7) is 0.839. The number of carbonyl (C=O) groups excluding carboxylic acids is 1. The van der Waals surface area contributed by atoms with E-state index in [1.807, 2.05) is 7.05 Å². The highest BCUT2D eigenvalue weighted by molar-refractivity contribution is 6.01. The summed E-state index contributed by atoms with van der Waals surface area (Å²) in [6, 6.07) is 0. The van der Waals surface area contributed by atoms with Gasteiger partial charge in [-0.3, -0.25) is 4.79 Å². The predicted octanol–water partition coefficient (Wildman–Crippen LogP) is 2.09. The number of fused-ring (bicyclic) bond motifs is 1. The van der Waals surface area contributed by atoms with Crippen LogP contribution in [0.15, 0.2) is 0 Å². The van der Waals surface area contributed by atoms with Crippen molar-refractivity contribution in [3.8, 4) is 0 Å². The van der Waals surface area contributed by atoms with Crippen molar-refractivity contribution in [1.29, 1.82) is 0 Å². The molecule has 3 rings (SSSR count). The van der Waals surface area contributed by atoms with Crippen LogP contribution in [0.25, 0.3) is 0 Å². The fourth-order valence-corrected chi connectivity index (χ4v) is 3.16. The molecule has 1 aromatic rings. The van der Waals surface area contributed by atoms with Crippen LogP contribution in [0.4, 0.5) is 5.82 Å². The van der Waals surface area contributed by atoms with Crippen molar-refractivity contribution >= 4 is 11.7 Å². The minimum atomic E-state index is 0.106. The summed E-state index contributed by atoms with van der Waals surface area (Å²) in [5, 5.41) is 6.31. The van der Waals surface area contributed by atoms with E-state index in [0.29, 0.717) is 0 Å². The monoisotopic (exact) mass is 261 g/mol. The van der Waals surface area contributed by atoms with Gasteiger partial charge in [-0.25, -0.2) is 0 Å². The van der Waals surface area contributed by atoms with Gasteiger partial charge in [-0.2, -0.15) is 0 Å². The first-order valence-corrected chi connectivity index (χ1v) is 7.38. The Labute approximate surface area is 114 Å². The maximum atomic E-state index is 12.5. The highest BCUT2D eigenvalue weighted by atomic mass is 16.1. The number of aromatic nitrogens is 1. The van der Waals surface area contributed by atoms with E-state index in [4.69, 9.17) is 0 Å². The van der Waals surface area contributed by atoms with Gasteiger partial charge in [-0.05, 0) is 50.0 Å². The van der Waals surface area contributed by atoms with Crippen LogP contribution in [-0.2, 0) is 19.9 Å². The Kier molecular flexibility index (Phi) is 3.25. The van der Waals surface area contributed by atoms with Crippen molar-refractivity contribution in [2.24, 2.45) is 13.0 Å². The molecule has 0 aromatic carbocycles. The molecule has 0 saturated heterocycles. The Bertz CT molecular complexity index is 500. The van der Waals surface area contributed by atoms with Crippen LogP contribution in [0.1, 0.15) is 47.3 Å². The molecule has 1 heterocycles. The first-order chi connectivity index (χ1) is 9.22. The Morgan fingerprint density at radius 1 is 1.32 bits per heavy atom. The van der Waals surface area contributed by atoms with Crippen molar-refractivity contribution in [3.63, 3.8) is 0 Å². The molecule has 1 fully saturated rings. The van der Waals surface area contributed by atoms with Crippen molar-refractivity contribution in [1.82, 2.24) is 9.88 Å². The van der Waals surface area contributed by atoms with E-state index in [0.717, 1.165) is 36.7 Å². The lowest BCUT2D eigenvalue weighted by molar-refractivity contribution is 0.0951. The number of hydrogen-bond acceptors (Lipinski definition) is 2. The molecule has 2 aliphatic rings. The SMILES string of the molecule is CNc1c(C(=O)NCC2CC2)c2c(n1C)CCCC2. The molecule has 19 heavy (non-hydrogen) atoms. The standard InChI is InChI=1S/C15H23N3O/c1-16-14-13(15(19)17-9-10-7-8-10)11-5-3-4-6-12(11)18(14)2/h10,16H,3-9H2,1-2H3,(H,17,19). The molecule has 2 aliphatic carbocycles. The molecule has 0 unspecified atom stereocenters. The highest BCUT2D eigenvalue weighted by Crippen LogP contribution is 2.33. The highest BCUT2D eigenvalue weighted by Gasteiger charge is 2.28. The average molecular weight is 261 g/mol. The molecular weight excluding hydrogens is 238 g/mol. The van der Waals surface area contributed by atoms with Crippen molar-refractivity contribution < 1.29 is 4.79 Å². The number of anilines is 1. The molecule has 0 bridgehead atoms. The van der Waals surface area contributed by atoms with Gasteiger partial charge in [0.05, 0.1) is 5.56 Å². The molecular formula is C15H23N3O. The van der Waals surface area contributed by atoms with E-state index < -0.39 is 0 Å². The molecule has 4 nitrogen and oxygen atoms in total. The number of nitrogens with one attached hydrogen (secondary N) is 2. The van der Waals surface area contributed by atoms with E-state index in [1.165, 1.54) is 36.9 Å². The van der Waals surface area contributed by atoms with Crippen LogP contribution in [0.3, 0.4) is 0 Å². The van der Waals surface area contributed by atoms with Gasteiger partial charge in [0.15, 0.2) is 0 Å². The molecule has 0 aliphatic heterocycles. The first-order valence-electron chi connectivity index (χ1n) is 7.38. The molecule has 2 N–H and O–H groups in total. The summed E-state index contributed by atoms with van der Waals surface area (Å²) in [7, 11) is 3.96. The second-order valence-corrected chi connectivity index (χ2v) is 5.82. The minimum Gasteiger partial charge on any atom is -0.374 e. The number of rotatable bonds is 4. The molecule has 0 radical (unpaired) electrons. The largest absolute Gasteiger partial charge is 0.374 e. The van der Waals surface area contributed by atoms with Gasteiger partial charge in [0.2, 0.25) is 0 Å². The number of hydrogen-bond donors (Lipinski definition) is 2. The Morgan fingerprint density at radius 2 is 2.05 bits per heavy atom. The molecule has 1 saturated carbocycles. The van der Waals surface area contributed by atoms with Crippen molar-refractivity contribution in [3.05, 3.63) is 16.8 Å². The van der Waals surface area contributed by atoms with Gasteiger partial charge >= 0.3 is 0 Å². The zero-order chi connectivity index (χ0) is 13.4. The lowest BCUT2D eigenvalue weighted by atomic mass is 9.94. The van der Waals surface area contributed by atoms with Crippen molar-refractivity contribution in [2.75, 3.05) is 18.9 Å². The number of nitrogens with zero attached hydrogens (tertiary/aromatic N) is 1. The quantitative estimate of drug-likeness (QED) is 0.871. The van der Waals surface area contributed by atoms with Gasteiger partial charge in [-0.15, -0.1) is 0 Å². The van der Waals surface area contributed by atoms with Crippen LogP contribution in [-0.4, -0.2) is 24.1 Å². The summed E-state index contributed by atoms with van der Waals surface area (Å²) in [5.41, 5.74) is 3.50. The number of carbonyl (C=O) groups is 1. The van der Waals surface area contributed by atoms with Gasteiger partial charge in [0, 0.05) is 26.3 Å². The summed E-state index contributed by atoms with van der Waals surface area (Å²) < 4.78 is 2.17. The molecule has 104 valence electrons. The van der Waals surface area contributed by atoms with Gasteiger partial charge in [-0.1, -0.05) is 0 Å². The normalized spacial score (nSPS) is 18.0. The maximum absolute atomic E-state index is 12.5. The van der Waals surface area contributed by atoms with E-state index in [9.17, 15) is 4.79 Å². The third-order valence-electron chi connectivity index (χ3n) is 4.43. The molecule has 0 atom stereocenters. The topological polar surface area (TPSA) is 46.1 Å². The molecule has 1 amide bonds. The third kappa shape index (κ3) is 2.24. The predicted molar refractivity (Wildman–Crippen MR) is 76.7 cm³/mol. The van der Waals surface area contributed by atoms with E-state index in [2.05, 4.69) is 22.2 Å². The minimum absolute atomic E-state index is 0.106. The van der Waals surface area contributed by atoms with Crippen LogP contribution < -0.4 is 10.6 Å². The van der Waals surface area contributed by atoms with E-state index in [1.54, 1.807) is 0 Å². The van der Waals surface area contributed by atoms with Crippen LogP contribution in [0.2, 0.25) is 0 Å². The Hall–Kier alpha value is -1.45. The van der Waals surface area contributed by atoms with Gasteiger partial charge in [0.1, 0.15) is 5.82 Å². The maximum Gasteiger partial charge on any atom is 0.255 e. The second kappa shape index (κ2) is 4.91. The summed E-state index contributed by atoms with van der Waals surface area (Å²) in [5.74, 6) is 1.80. The Morgan fingerprint density at radius 3 is 2.74 bits per heavy atom. The fourth-order valence-electron chi connectivity index (χ4n) is 3.16. The lowest BCUT2D eigenvalue weighted by Crippen LogP contribution is -2.27. The molecule has 0 spiro atoms.